The molecule has 0 N–H and O–H groups in total. The maximum atomic E-state index is 13.6. The van der Waals surface area contributed by atoms with Gasteiger partial charge in [-0.2, -0.15) is 0 Å². The van der Waals surface area contributed by atoms with Gasteiger partial charge in [-0.1, -0.05) is 45.0 Å². The normalized spacial score (nSPS) is 12.5. The van der Waals surface area contributed by atoms with E-state index < -0.39 is 23.7 Å². The summed E-state index contributed by atoms with van der Waals surface area (Å²) in [6, 6.07) is 6.70. The number of alkyl halides is 1. The molecule has 1 atom stereocenters. The molecule has 0 bridgehead atoms. The first-order chi connectivity index (χ1) is 7.97. The Balaban J connectivity index is 2.85. The van der Waals surface area contributed by atoms with Gasteiger partial charge in [0.05, 0.1) is 0 Å². The molecular weight excluding hydrogens is 219 g/mol. The van der Waals surface area contributed by atoms with Crippen LogP contribution in [0.25, 0.3) is 0 Å². The second-order valence-corrected chi connectivity index (χ2v) is 4.33. The van der Waals surface area contributed by atoms with E-state index in [1.165, 1.54) is 0 Å². The van der Waals surface area contributed by atoms with Crippen LogP contribution in [0.5, 0.6) is 0 Å². The summed E-state index contributed by atoms with van der Waals surface area (Å²) < 4.78 is 13.6. The Morgan fingerprint density at radius 3 is 2.12 bits per heavy atom. The number of aryl methyl sites for hydroxylation is 1. The number of carbonyl (C=O) groups is 2. The highest BCUT2D eigenvalue weighted by molar-refractivity contribution is 6.13. The summed E-state index contributed by atoms with van der Waals surface area (Å²) in [5.41, 5.74) is 1.33. The van der Waals surface area contributed by atoms with Crippen LogP contribution in [0.4, 0.5) is 4.39 Å². The Kier molecular flexibility index (Phi) is 4.55. The molecule has 1 unspecified atom stereocenters. The number of ketones is 2. The zero-order valence-corrected chi connectivity index (χ0v) is 10.4. The molecule has 0 amide bonds. The minimum Gasteiger partial charge on any atom is -0.296 e. The van der Waals surface area contributed by atoms with Gasteiger partial charge in [-0.25, -0.2) is 4.39 Å². The Labute approximate surface area is 101 Å². The Bertz CT molecular complexity index is 407. The molecule has 0 aliphatic carbocycles. The Morgan fingerprint density at radius 2 is 1.71 bits per heavy atom. The number of carbonyl (C=O) groups excluding carboxylic acids is 2. The molecule has 17 heavy (non-hydrogen) atoms. The SMILES string of the molecule is CCc1ccc(C(=O)C(F)C(=O)C(C)C)cc1. The van der Waals surface area contributed by atoms with Crippen molar-refractivity contribution in [2.45, 2.75) is 33.4 Å². The second-order valence-electron chi connectivity index (χ2n) is 4.33. The summed E-state index contributed by atoms with van der Waals surface area (Å²) in [4.78, 5) is 23.1. The van der Waals surface area contributed by atoms with Crippen LogP contribution in [0, 0.1) is 5.92 Å². The fourth-order valence-corrected chi connectivity index (χ4v) is 1.47. The molecule has 0 aliphatic rings. The quantitative estimate of drug-likeness (QED) is 0.581. The molecule has 3 heteroatoms. The largest absolute Gasteiger partial charge is 0.296 e. The van der Waals surface area contributed by atoms with E-state index >= 15 is 0 Å². The van der Waals surface area contributed by atoms with Crippen LogP contribution in [-0.2, 0) is 11.2 Å². The lowest BCUT2D eigenvalue weighted by Crippen LogP contribution is -2.29. The van der Waals surface area contributed by atoms with E-state index in [-0.39, 0.29) is 5.56 Å². The highest BCUT2D eigenvalue weighted by atomic mass is 19.1. The zero-order chi connectivity index (χ0) is 13.0. The van der Waals surface area contributed by atoms with Crippen LogP contribution in [0.3, 0.4) is 0 Å². The highest BCUT2D eigenvalue weighted by Crippen LogP contribution is 2.12. The molecule has 0 radical (unpaired) electrons. The maximum Gasteiger partial charge on any atom is 0.221 e. The van der Waals surface area contributed by atoms with Gasteiger partial charge in [0.15, 0.2) is 5.78 Å². The molecule has 0 spiro atoms. The number of benzene rings is 1. The average molecular weight is 236 g/mol. The molecule has 0 fully saturated rings. The fraction of sp³-hybridized carbons (Fsp3) is 0.429. The molecule has 1 aromatic carbocycles. The molecule has 1 rings (SSSR count). The van der Waals surface area contributed by atoms with Gasteiger partial charge in [0, 0.05) is 11.5 Å². The smallest absolute Gasteiger partial charge is 0.221 e. The number of hydrogen-bond donors (Lipinski definition) is 0. The van der Waals surface area contributed by atoms with Gasteiger partial charge in [0.2, 0.25) is 12.0 Å². The molecule has 1 aromatic rings. The van der Waals surface area contributed by atoms with E-state index in [9.17, 15) is 14.0 Å². The summed E-state index contributed by atoms with van der Waals surface area (Å²) in [7, 11) is 0. The van der Waals surface area contributed by atoms with Crippen molar-refractivity contribution in [1.82, 2.24) is 0 Å². The van der Waals surface area contributed by atoms with E-state index in [0.29, 0.717) is 0 Å². The van der Waals surface area contributed by atoms with Gasteiger partial charge in [-0.3, -0.25) is 9.59 Å². The average Bonchev–Trinajstić information content (AvgIpc) is 2.36. The van der Waals surface area contributed by atoms with E-state index in [1.54, 1.807) is 38.1 Å². The lowest BCUT2D eigenvalue weighted by Gasteiger charge is -2.09. The summed E-state index contributed by atoms with van der Waals surface area (Å²) in [6.07, 6.45) is -1.18. The summed E-state index contributed by atoms with van der Waals surface area (Å²) >= 11 is 0. The van der Waals surface area contributed by atoms with Crippen molar-refractivity contribution >= 4 is 11.6 Å². The van der Waals surface area contributed by atoms with Crippen LogP contribution in [-0.4, -0.2) is 17.7 Å². The first-order valence-corrected chi connectivity index (χ1v) is 5.78. The lowest BCUT2D eigenvalue weighted by atomic mass is 9.97. The zero-order valence-electron chi connectivity index (χ0n) is 10.4. The number of halogens is 1. The van der Waals surface area contributed by atoms with Crippen molar-refractivity contribution in [3.8, 4) is 0 Å². The molecule has 2 nitrogen and oxygen atoms in total. The van der Waals surface area contributed by atoms with Crippen LogP contribution in [0.1, 0.15) is 36.7 Å². The van der Waals surface area contributed by atoms with Crippen molar-refractivity contribution < 1.29 is 14.0 Å². The van der Waals surface area contributed by atoms with Gasteiger partial charge in [-0.15, -0.1) is 0 Å². The van der Waals surface area contributed by atoms with Crippen molar-refractivity contribution in [3.05, 3.63) is 35.4 Å². The molecule has 0 saturated heterocycles. The van der Waals surface area contributed by atoms with E-state index in [0.717, 1.165) is 12.0 Å². The molecule has 0 heterocycles. The maximum absolute atomic E-state index is 13.6. The first-order valence-electron chi connectivity index (χ1n) is 5.78. The monoisotopic (exact) mass is 236 g/mol. The van der Waals surface area contributed by atoms with E-state index in [2.05, 4.69) is 0 Å². The van der Waals surface area contributed by atoms with Gasteiger partial charge in [0.1, 0.15) is 0 Å². The standard InChI is InChI=1S/C14H17FO2/c1-4-10-5-7-11(8-6-10)14(17)12(15)13(16)9(2)3/h5-9,12H,4H2,1-3H3. The van der Waals surface area contributed by atoms with E-state index in [1.807, 2.05) is 6.92 Å². The molecule has 0 aromatic heterocycles. The lowest BCUT2D eigenvalue weighted by molar-refractivity contribution is -0.125. The second kappa shape index (κ2) is 5.71. The molecular formula is C14H17FO2. The van der Waals surface area contributed by atoms with Gasteiger partial charge < -0.3 is 0 Å². The Morgan fingerprint density at radius 1 is 1.18 bits per heavy atom. The predicted molar refractivity (Wildman–Crippen MR) is 64.9 cm³/mol. The van der Waals surface area contributed by atoms with Crippen molar-refractivity contribution in [1.29, 1.82) is 0 Å². The van der Waals surface area contributed by atoms with Crippen LogP contribution < -0.4 is 0 Å². The van der Waals surface area contributed by atoms with Crippen molar-refractivity contribution in [2.24, 2.45) is 5.92 Å². The molecule has 0 saturated carbocycles. The van der Waals surface area contributed by atoms with Crippen molar-refractivity contribution in [3.63, 3.8) is 0 Å². The topological polar surface area (TPSA) is 34.1 Å². The third-order valence-corrected chi connectivity index (χ3v) is 2.70. The molecule has 92 valence electrons. The number of Topliss-reactive ketones (excluding diaryl/α,β-unsaturated/α-hetero) is 2. The third-order valence-electron chi connectivity index (χ3n) is 2.70. The minimum absolute atomic E-state index is 0.253. The minimum atomic E-state index is -2.04. The molecule has 0 aliphatic heterocycles. The first kappa shape index (κ1) is 13.6. The van der Waals surface area contributed by atoms with E-state index in [4.69, 9.17) is 0 Å². The number of hydrogen-bond acceptors (Lipinski definition) is 2. The highest BCUT2D eigenvalue weighted by Gasteiger charge is 2.28. The third kappa shape index (κ3) is 3.22. The van der Waals surface area contributed by atoms with Crippen LogP contribution in [0.2, 0.25) is 0 Å². The summed E-state index contributed by atoms with van der Waals surface area (Å²) in [6.45, 7) is 5.17. The van der Waals surface area contributed by atoms with Crippen LogP contribution in [0.15, 0.2) is 24.3 Å². The van der Waals surface area contributed by atoms with Crippen molar-refractivity contribution in [2.75, 3.05) is 0 Å². The predicted octanol–water partition coefficient (Wildman–Crippen LogP) is 2.99. The summed E-state index contributed by atoms with van der Waals surface area (Å²) in [5, 5.41) is 0. The number of rotatable bonds is 5. The summed E-state index contributed by atoms with van der Waals surface area (Å²) in [5.74, 6) is -1.87. The van der Waals surface area contributed by atoms with Gasteiger partial charge in [-0.05, 0) is 12.0 Å². The fourth-order valence-electron chi connectivity index (χ4n) is 1.47. The van der Waals surface area contributed by atoms with Crippen LogP contribution >= 0.6 is 0 Å². The van der Waals surface area contributed by atoms with Gasteiger partial charge in [0.25, 0.3) is 0 Å². The van der Waals surface area contributed by atoms with Gasteiger partial charge >= 0.3 is 0 Å². The Hall–Kier alpha value is -1.51.